The average Bonchev–Trinajstić information content (AvgIpc) is 3.35. The lowest BCUT2D eigenvalue weighted by atomic mass is 9.97. The van der Waals surface area contributed by atoms with E-state index in [0.29, 0.717) is 17.1 Å². The molecule has 9 nitrogen and oxygen atoms in total. The molecule has 1 saturated heterocycles. The molecule has 1 fully saturated rings. The Morgan fingerprint density at radius 1 is 0.968 bits per heavy atom. The molecular weight excluding hydrogens is 408 g/mol. The topological polar surface area (TPSA) is 110 Å². The molecule has 166 valence electrons. The summed E-state index contributed by atoms with van der Waals surface area (Å²) in [5.74, 6) is -0.582. The first kappa shape index (κ1) is 22.4. The van der Waals surface area contributed by atoms with Gasteiger partial charge < -0.3 is 28.1 Å². The van der Waals surface area contributed by atoms with E-state index in [9.17, 15) is 14.4 Å². The van der Waals surface area contributed by atoms with Gasteiger partial charge in [-0.1, -0.05) is 0 Å². The summed E-state index contributed by atoms with van der Waals surface area (Å²) >= 11 is 0. The number of hydrogen-bond donors (Lipinski definition) is 0. The van der Waals surface area contributed by atoms with Crippen LogP contribution >= 0.6 is 0 Å². The maximum Gasteiger partial charge on any atom is 0.303 e. The third kappa shape index (κ3) is 5.24. The highest BCUT2D eigenvalue weighted by atomic mass is 16.6. The zero-order valence-electron chi connectivity index (χ0n) is 17.7. The molecular formula is C22H24O9. The molecule has 0 saturated carbocycles. The predicted octanol–water partition coefficient (Wildman–Crippen LogP) is 2.82. The number of furan rings is 1. The summed E-state index contributed by atoms with van der Waals surface area (Å²) in [6.07, 6.45) is -2.11. The van der Waals surface area contributed by atoms with E-state index < -0.39 is 42.3 Å². The van der Waals surface area contributed by atoms with E-state index in [1.807, 2.05) is 6.07 Å². The van der Waals surface area contributed by atoms with Crippen LogP contribution in [-0.2, 0) is 33.3 Å². The van der Waals surface area contributed by atoms with E-state index in [1.54, 1.807) is 30.5 Å². The van der Waals surface area contributed by atoms with Crippen LogP contribution in [0.3, 0.4) is 0 Å². The number of carbonyl (C=O) groups excluding carboxylic acids is 3. The van der Waals surface area contributed by atoms with Crippen LogP contribution in [0.4, 0.5) is 0 Å². The summed E-state index contributed by atoms with van der Waals surface area (Å²) in [6, 6.07) is 8.91. The van der Waals surface area contributed by atoms with Gasteiger partial charge in [-0.25, -0.2) is 0 Å². The van der Waals surface area contributed by atoms with Gasteiger partial charge in [0.15, 0.2) is 12.2 Å². The van der Waals surface area contributed by atoms with Gasteiger partial charge in [0.2, 0.25) is 0 Å². The van der Waals surface area contributed by atoms with E-state index in [2.05, 4.69) is 0 Å². The van der Waals surface area contributed by atoms with Gasteiger partial charge in [-0.2, -0.15) is 0 Å². The summed E-state index contributed by atoms with van der Waals surface area (Å²) in [7, 11) is 1.50. The third-order valence-electron chi connectivity index (χ3n) is 4.71. The minimum absolute atomic E-state index is 0.179. The van der Waals surface area contributed by atoms with Gasteiger partial charge in [-0.05, 0) is 30.3 Å². The minimum atomic E-state index is -0.984. The smallest absolute Gasteiger partial charge is 0.303 e. The lowest BCUT2D eigenvalue weighted by Gasteiger charge is -2.24. The summed E-state index contributed by atoms with van der Waals surface area (Å²) in [4.78, 5) is 34.9. The molecule has 2 aromatic rings. The van der Waals surface area contributed by atoms with Gasteiger partial charge in [0.1, 0.15) is 30.3 Å². The quantitative estimate of drug-likeness (QED) is 0.482. The molecule has 3 rings (SSSR count). The second-order valence-corrected chi connectivity index (χ2v) is 6.98. The zero-order valence-corrected chi connectivity index (χ0v) is 17.7. The van der Waals surface area contributed by atoms with Crippen LogP contribution in [0, 0.1) is 0 Å². The summed E-state index contributed by atoms with van der Waals surface area (Å²) in [5.41, 5.74) is 1.31. The average molecular weight is 432 g/mol. The molecule has 4 atom stereocenters. The number of hydrogen-bond acceptors (Lipinski definition) is 9. The Bertz CT molecular complexity index is 934. The molecule has 0 aliphatic carbocycles. The van der Waals surface area contributed by atoms with Crippen molar-refractivity contribution in [2.24, 2.45) is 0 Å². The highest BCUT2D eigenvalue weighted by molar-refractivity contribution is 5.68. The summed E-state index contributed by atoms with van der Waals surface area (Å²) in [5, 5.41) is 0. The Morgan fingerprint density at radius 3 is 2.26 bits per heavy atom. The van der Waals surface area contributed by atoms with Crippen molar-refractivity contribution in [3.05, 3.63) is 42.2 Å². The van der Waals surface area contributed by atoms with E-state index in [1.165, 1.54) is 27.9 Å². The van der Waals surface area contributed by atoms with Crippen LogP contribution in [0.5, 0.6) is 5.75 Å². The third-order valence-corrected chi connectivity index (χ3v) is 4.71. The van der Waals surface area contributed by atoms with Crippen molar-refractivity contribution < 1.29 is 42.5 Å². The van der Waals surface area contributed by atoms with E-state index in [0.717, 1.165) is 5.56 Å². The fraction of sp³-hybridized carbons (Fsp3) is 0.409. The van der Waals surface area contributed by atoms with Gasteiger partial charge in [-0.15, -0.1) is 0 Å². The van der Waals surface area contributed by atoms with E-state index in [-0.39, 0.29) is 6.61 Å². The van der Waals surface area contributed by atoms with Crippen molar-refractivity contribution in [3.8, 4) is 17.1 Å². The fourth-order valence-electron chi connectivity index (χ4n) is 3.52. The Hall–Kier alpha value is -3.33. The van der Waals surface area contributed by atoms with Crippen molar-refractivity contribution in [1.82, 2.24) is 0 Å². The molecule has 1 aliphatic rings. The molecule has 0 bridgehead atoms. The molecule has 0 amide bonds. The second-order valence-electron chi connectivity index (χ2n) is 6.98. The minimum Gasteiger partial charge on any atom is -0.496 e. The lowest BCUT2D eigenvalue weighted by molar-refractivity contribution is -0.165. The van der Waals surface area contributed by atoms with E-state index in [4.69, 9.17) is 28.1 Å². The first-order valence-electron chi connectivity index (χ1n) is 9.65. The number of rotatable bonds is 7. The Labute approximate surface area is 179 Å². The molecule has 1 aromatic carbocycles. The van der Waals surface area contributed by atoms with Crippen LogP contribution in [0.15, 0.2) is 41.0 Å². The lowest BCUT2D eigenvalue weighted by Crippen LogP contribution is -2.40. The molecule has 31 heavy (non-hydrogen) atoms. The summed E-state index contributed by atoms with van der Waals surface area (Å²) in [6.45, 7) is 3.56. The number of methoxy groups -OCH3 is 1. The van der Waals surface area contributed by atoms with Gasteiger partial charge in [-0.3, -0.25) is 14.4 Å². The second kappa shape index (κ2) is 9.65. The molecule has 0 unspecified atom stereocenters. The number of carbonyl (C=O) groups is 3. The first-order chi connectivity index (χ1) is 14.8. The number of benzene rings is 1. The van der Waals surface area contributed by atoms with Gasteiger partial charge >= 0.3 is 17.9 Å². The normalized spacial score (nSPS) is 22.6. The van der Waals surface area contributed by atoms with Crippen molar-refractivity contribution in [3.63, 3.8) is 0 Å². The standard InChI is InChI=1S/C22H24O9/c1-12(23)28-11-19-21(29-13(2)24)22(30-14(3)25)20(31-19)16-10-15(7-8-18(16)26-4)17-6-5-9-27-17/h5-10,19-22H,11H2,1-4H3/t19-,20+,21-,22+/m1/s1. The maximum atomic E-state index is 11.8. The predicted molar refractivity (Wildman–Crippen MR) is 106 cm³/mol. The largest absolute Gasteiger partial charge is 0.496 e. The van der Waals surface area contributed by atoms with Crippen molar-refractivity contribution in [2.75, 3.05) is 13.7 Å². The molecule has 9 heteroatoms. The zero-order chi connectivity index (χ0) is 22.5. The van der Waals surface area contributed by atoms with Crippen molar-refractivity contribution >= 4 is 17.9 Å². The van der Waals surface area contributed by atoms with Crippen LogP contribution in [-0.4, -0.2) is 49.9 Å². The molecule has 0 spiro atoms. The van der Waals surface area contributed by atoms with Crippen LogP contribution in [0.25, 0.3) is 11.3 Å². The van der Waals surface area contributed by atoms with Gasteiger partial charge in [0.25, 0.3) is 0 Å². The Morgan fingerprint density at radius 2 is 1.68 bits per heavy atom. The van der Waals surface area contributed by atoms with Crippen molar-refractivity contribution in [2.45, 2.75) is 45.2 Å². The van der Waals surface area contributed by atoms with Crippen LogP contribution in [0.2, 0.25) is 0 Å². The van der Waals surface area contributed by atoms with Crippen molar-refractivity contribution in [1.29, 1.82) is 0 Å². The van der Waals surface area contributed by atoms with Gasteiger partial charge in [0.05, 0.1) is 13.4 Å². The molecule has 0 radical (unpaired) electrons. The SMILES string of the molecule is COc1ccc(-c2ccco2)cc1[C@@H]1O[C@H](COC(C)=O)[C@@H](OC(C)=O)[C@H]1OC(C)=O. The van der Waals surface area contributed by atoms with Gasteiger partial charge in [0, 0.05) is 31.9 Å². The monoisotopic (exact) mass is 432 g/mol. The van der Waals surface area contributed by atoms with Crippen LogP contribution < -0.4 is 4.74 Å². The highest BCUT2D eigenvalue weighted by Crippen LogP contribution is 2.42. The number of esters is 3. The van der Waals surface area contributed by atoms with E-state index >= 15 is 0 Å². The summed E-state index contributed by atoms with van der Waals surface area (Å²) < 4.78 is 33.0. The fourth-order valence-corrected chi connectivity index (χ4v) is 3.52. The molecule has 0 N–H and O–H groups in total. The molecule has 2 heterocycles. The maximum absolute atomic E-state index is 11.8. The first-order valence-corrected chi connectivity index (χ1v) is 9.65. The molecule has 1 aromatic heterocycles. The Kier molecular flexibility index (Phi) is 6.96. The molecule has 1 aliphatic heterocycles. The Balaban J connectivity index is 2.03. The number of ether oxygens (including phenoxy) is 5. The van der Waals surface area contributed by atoms with Crippen LogP contribution in [0.1, 0.15) is 32.4 Å². The highest BCUT2D eigenvalue weighted by Gasteiger charge is 2.51.